The Morgan fingerprint density at radius 2 is 1.26 bits per heavy atom. The third-order valence-electron chi connectivity index (χ3n) is 3.91. The van der Waals surface area contributed by atoms with Crippen molar-refractivity contribution in [2.45, 2.75) is 91.0 Å². The highest BCUT2D eigenvalue weighted by molar-refractivity contribution is 6.18. The summed E-state index contributed by atoms with van der Waals surface area (Å²) in [6.07, 6.45) is 14.0. The van der Waals surface area contributed by atoms with Crippen LogP contribution in [0.1, 0.15) is 85.0 Å². The molecule has 0 saturated carbocycles. The number of unbranched alkanes of at least 4 members (excludes halogenated alkanes) is 9. The molecule has 0 spiro atoms. The van der Waals surface area contributed by atoms with Crippen molar-refractivity contribution in [1.82, 2.24) is 5.32 Å². The van der Waals surface area contributed by atoms with E-state index in [9.17, 15) is 0 Å². The van der Waals surface area contributed by atoms with Crippen molar-refractivity contribution in [3.8, 4) is 0 Å². The molecule has 0 aromatic rings. The highest BCUT2D eigenvalue weighted by Gasteiger charge is 2.09. The smallest absolute Gasteiger partial charge is 0.0379 e. The standard InChI is InChI=1S/C17H36ClN/c1-4-5-6-7-8-9-10-11-12-13-14-19-17(15-18)16(2)3/h16-17,19H,4-15H2,1-3H3. The van der Waals surface area contributed by atoms with Gasteiger partial charge in [0.25, 0.3) is 0 Å². The van der Waals surface area contributed by atoms with E-state index in [0.29, 0.717) is 12.0 Å². The van der Waals surface area contributed by atoms with E-state index < -0.39 is 0 Å². The summed E-state index contributed by atoms with van der Waals surface area (Å²) in [6.45, 7) is 7.88. The van der Waals surface area contributed by atoms with Gasteiger partial charge in [0.2, 0.25) is 0 Å². The van der Waals surface area contributed by atoms with Crippen molar-refractivity contribution >= 4 is 11.6 Å². The lowest BCUT2D eigenvalue weighted by atomic mass is 10.1. The van der Waals surface area contributed by atoms with Crippen LogP contribution in [-0.2, 0) is 0 Å². The zero-order valence-corrected chi connectivity index (χ0v) is 14.3. The number of halogens is 1. The van der Waals surface area contributed by atoms with Crippen LogP contribution in [0.5, 0.6) is 0 Å². The summed E-state index contributed by atoms with van der Waals surface area (Å²) >= 11 is 5.93. The minimum Gasteiger partial charge on any atom is -0.313 e. The Morgan fingerprint density at radius 3 is 1.68 bits per heavy atom. The summed E-state index contributed by atoms with van der Waals surface area (Å²) < 4.78 is 0. The fourth-order valence-corrected chi connectivity index (χ4v) is 2.83. The van der Waals surface area contributed by atoms with Gasteiger partial charge in [-0.05, 0) is 18.9 Å². The number of alkyl halides is 1. The second-order valence-electron chi connectivity index (χ2n) is 6.14. The summed E-state index contributed by atoms with van der Waals surface area (Å²) in [5.41, 5.74) is 0. The summed E-state index contributed by atoms with van der Waals surface area (Å²) in [7, 11) is 0. The number of nitrogens with one attached hydrogen (secondary N) is 1. The molecular formula is C17H36ClN. The number of hydrogen-bond donors (Lipinski definition) is 1. The maximum Gasteiger partial charge on any atom is 0.0379 e. The van der Waals surface area contributed by atoms with E-state index in [2.05, 4.69) is 26.1 Å². The van der Waals surface area contributed by atoms with Gasteiger partial charge in [-0.2, -0.15) is 0 Å². The molecule has 0 heterocycles. The van der Waals surface area contributed by atoms with Gasteiger partial charge in [0.1, 0.15) is 0 Å². The molecule has 1 nitrogen and oxygen atoms in total. The minimum atomic E-state index is 0.486. The van der Waals surface area contributed by atoms with Crippen LogP contribution in [0.4, 0.5) is 0 Å². The topological polar surface area (TPSA) is 12.0 Å². The third kappa shape index (κ3) is 13.0. The predicted molar refractivity (Wildman–Crippen MR) is 89.2 cm³/mol. The van der Waals surface area contributed by atoms with Crippen LogP contribution in [0.25, 0.3) is 0 Å². The summed E-state index contributed by atoms with van der Waals surface area (Å²) in [5.74, 6) is 1.37. The highest BCUT2D eigenvalue weighted by atomic mass is 35.5. The molecule has 116 valence electrons. The van der Waals surface area contributed by atoms with E-state index in [1.54, 1.807) is 0 Å². The second kappa shape index (κ2) is 14.7. The van der Waals surface area contributed by atoms with Gasteiger partial charge in [-0.25, -0.2) is 0 Å². The first-order valence-electron chi connectivity index (χ1n) is 8.51. The molecule has 0 rings (SSSR count). The fraction of sp³-hybridized carbons (Fsp3) is 1.00. The minimum absolute atomic E-state index is 0.486. The van der Waals surface area contributed by atoms with Crippen molar-refractivity contribution in [3.63, 3.8) is 0 Å². The molecule has 0 bridgehead atoms. The highest BCUT2D eigenvalue weighted by Crippen LogP contribution is 2.10. The molecule has 0 amide bonds. The van der Waals surface area contributed by atoms with Crippen LogP contribution in [0, 0.1) is 5.92 Å². The molecule has 1 atom stereocenters. The van der Waals surface area contributed by atoms with Gasteiger partial charge < -0.3 is 5.32 Å². The van der Waals surface area contributed by atoms with Gasteiger partial charge in [-0.1, -0.05) is 78.6 Å². The lowest BCUT2D eigenvalue weighted by molar-refractivity contribution is 0.422. The van der Waals surface area contributed by atoms with Crippen LogP contribution >= 0.6 is 11.6 Å². The molecule has 0 aromatic carbocycles. The van der Waals surface area contributed by atoms with E-state index >= 15 is 0 Å². The Morgan fingerprint density at radius 1 is 0.789 bits per heavy atom. The summed E-state index contributed by atoms with van der Waals surface area (Å²) in [4.78, 5) is 0. The Hall–Kier alpha value is 0.250. The van der Waals surface area contributed by atoms with E-state index in [4.69, 9.17) is 11.6 Å². The van der Waals surface area contributed by atoms with Crippen molar-refractivity contribution in [1.29, 1.82) is 0 Å². The summed E-state index contributed by atoms with van der Waals surface area (Å²) in [6, 6.07) is 0.486. The average molecular weight is 290 g/mol. The van der Waals surface area contributed by atoms with Crippen LogP contribution in [0.15, 0.2) is 0 Å². The molecule has 19 heavy (non-hydrogen) atoms. The van der Waals surface area contributed by atoms with Crippen molar-refractivity contribution < 1.29 is 0 Å². The lowest BCUT2D eigenvalue weighted by Crippen LogP contribution is -2.36. The molecule has 0 aliphatic carbocycles. The quantitative estimate of drug-likeness (QED) is 0.317. The average Bonchev–Trinajstić information content (AvgIpc) is 2.40. The largest absolute Gasteiger partial charge is 0.313 e. The summed E-state index contributed by atoms with van der Waals surface area (Å²) in [5, 5.41) is 3.56. The van der Waals surface area contributed by atoms with E-state index in [-0.39, 0.29) is 0 Å². The van der Waals surface area contributed by atoms with Crippen molar-refractivity contribution in [2.24, 2.45) is 5.92 Å². The van der Waals surface area contributed by atoms with E-state index in [0.717, 1.165) is 12.4 Å². The van der Waals surface area contributed by atoms with Gasteiger partial charge in [0.15, 0.2) is 0 Å². The monoisotopic (exact) mass is 289 g/mol. The van der Waals surface area contributed by atoms with Crippen molar-refractivity contribution in [2.75, 3.05) is 12.4 Å². The van der Waals surface area contributed by atoms with Gasteiger partial charge in [-0.3, -0.25) is 0 Å². The molecule has 1 N–H and O–H groups in total. The molecule has 1 unspecified atom stereocenters. The molecular weight excluding hydrogens is 254 g/mol. The number of rotatable bonds is 14. The lowest BCUT2D eigenvalue weighted by Gasteiger charge is -2.19. The van der Waals surface area contributed by atoms with Crippen molar-refractivity contribution in [3.05, 3.63) is 0 Å². The van der Waals surface area contributed by atoms with Crippen LogP contribution < -0.4 is 5.32 Å². The van der Waals surface area contributed by atoms with E-state index in [1.807, 2.05) is 0 Å². The zero-order chi connectivity index (χ0) is 14.3. The number of hydrogen-bond acceptors (Lipinski definition) is 1. The van der Waals surface area contributed by atoms with Gasteiger partial charge in [0.05, 0.1) is 0 Å². The first-order chi connectivity index (χ1) is 9.22. The second-order valence-corrected chi connectivity index (χ2v) is 6.45. The Balaban J connectivity index is 3.14. The van der Waals surface area contributed by atoms with Gasteiger partial charge in [-0.15, -0.1) is 11.6 Å². The molecule has 0 aromatic heterocycles. The SMILES string of the molecule is CCCCCCCCCCCCNC(CCl)C(C)C. The van der Waals surface area contributed by atoms with Crippen LogP contribution in [-0.4, -0.2) is 18.5 Å². The normalized spacial score (nSPS) is 13.1. The molecule has 0 aliphatic heterocycles. The fourth-order valence-electron chi connectivity index (χ4n) is 2.37. The van der Waals surface area contributed by atoms with Gasteiger partial charge in [0, 0.05) is 11.9 Å². The van der Waals surface area contributed by atoms with Gasteiger partial charge >= 0.3 is 0 Å². The van der Waals surface area contributed by atoms with Crippen LogP contribution in [0.3, 0.4) is 0 Å². The molecule has 0 fully saturated rings. The first kappa shape index (κ1) is 19.2. The van der Waals surface area contributed by atoms with E-state index in [1.165, 1.54) is 64.2 Å². The first-order valence-corrected chi connectivity index (χ1v) is 9.05. The Kier molecular flexibility index (Phi) is 14.8. The third-order valence-corrected chi connectivity index (χ3v) is 4.24. The molecule has 0 saturated heterocycles. The maximum absolute atomic E-state index is 5.93. The predicted octanol–water partition coefficient (Wildman–Crippen LogP) is 5.76. The molecule has 0 aliphatic rings. The van der Waals surface area contributed by atoms with Crippen LogP contribution in [0.2, 0.25) is 0 Å². The maximum atomic E-state index is 5.93. The Labute approximate surface area is 126 Å². The molecule has 2 heteroatoms. The zero-order valence-electron chi connectivity index (χ0n) is 13.5. The Bertz CT molecular complexity index is 171. The molecule has 0 radical (unpaired) electrons.